The molecule has 2 aliphatic heterocycles. The Morgan fingerprint density at radius 3 is 2.82 bits per heavy atom. The van der Waals surface area contributed by atoms with E-state index in [0.29, 0.717) is 0 Å². The van der Waals surface area contributed by atoms with Crippen LogP contribution in [0.1, 0.15) is 17.8 Å². The fraction of sp³-hybridized carbons (Fsp3) is 0.353. The number of rotatable bonds is 6. The number of β-lactam (4-membered cyclic amide) rings is 1. The van der Waals surface area contributed by atoms with Gasteiger partial charge in [-0.2, -0.15) is 9.36 Å². The molecule has 0 radical (unpaired) electrons. The van der Waals surface area contributed by atoms with E-state index in [1.165, 1.54) is 28.0 Å². The molecule has 12 nitrogen and oxygen atoms in total. The van der Waals surface area contributed by atoms with Crippen LogP contribution in [0.2, 0.25) is 0 Å². The molecule has 0 spiro atoms. The summed E-state index contributed by atoms with van der Waals surface area (Å²) in [5.41, 5.74) is 6.24. The van der Waals surface area contributed by atoms with Gasteiger partial charge in [0.15, 0.2) is 5.13 Å². The number of carbonyl (C=O) groups is 3. The third-order valence-corrected chi connectivity index (χ3v) is 8.11. The van der Waals surface area contributed by atoms with E-state index >= 15 is 0 Å². The van der Waals surface area contributed by atoms with E-state index in [0.717, 1.165) is 22.1 Å². The van der Waals surface area contributed by atoms with Crippen LogP contribution in [0.5, 0.6) is 0 Å². The number of aromatic nitrogens is 3. The topological polar surface area (TPSA) is 184 Å². The van der Waals surface area contributed by atoms with Crippen molar-refractivity contribution in [3.63, 3.8) is 0 Å². The fourth-order valence-electron chi connectivity index (χ4n) is 3.33. The van der Waals surface area contributed by atoms with Gasteiger partial charge in [-0.05, 0) is 13.0 Å². The Morgan fingerprint density at radius 1 is 1.48 bits per heavy atom. The van der Waals surface area contributed by atoms with Crippen LogP contribution in [0.3, 0.4) is 0 Å². The monoisotopic (exact) mass is 519 g/mol. The van der Waals surface area contributed by atoms with Crippen molar-refractivity contribution in [1.82, 2.24) is 24.6 Å². The van der Waals surface area contributed by atoms with Gasteiger partial charge in [0, 0.05) is 28.7 Å². The number of carboxylic acid groups (broad SMARTS) is 1. The minimum absolute atomic E-state index is 0. The summed E-state index contributed by atoms with van der Waals surface area (Å²) in [7, 11) is 0. The molecule has 4 heterocycles. The van der Waals surface area contributed by atoms with Crippen LogP contribution < -0.4 is 40.6 Å². The van der Waals surface area contributed by atoms with Crippen LogP contribution in [0.15, 0.2) is 16.7 Å². The number of thiazole rings is 1. The number of nitrogen functional groups attached to an aromatic ring is 1. The SMILES string of the molecule is Cc1ncsc1C=CC1(C(=O)O)CS[C@@H]2C(NC(=O)C(=NO)c3nsc(N)n3)C(=O)N2C1.[H-].[Na+]. The molecule has 0 aromatic carbocycles. The average Bonchev–Trinajstić information content (AvgIpc) is 3.38. The summed E-state index contributed by atoms with van der Waals surface area (Å²) in [6.45, 7) is 1.81. The fourth-order valence-corrected chi connectivity index (χ4v) is 5.98. The number of thioether (sulfide) groups is 1. The van der Waals surface area contributed by atoms with Gasteiger partial charge in [-0.15, -0.1) is 23.1 Å². The Kier molecular flexibility index (Phi) is 7.80. The minimum atomic E-state index is -1.26. The molecule has 2 aliphatic rings. The van der Waals surface area contributed by atoms with Crippen LogP contribution >= 0.6 is 34.6 Å². The summed E-state index contributed by atoms with van der Waals surface area (Å²) in [4.78, 5) is 47.5. The van der Waals surface area contributed by atoms with E-state index in [4.69, 9.17) is 5.73 Å². The van der Waals surface area contributed by atoms with Gasteiger partial charge in [0.1, 0.15) is 16.8 Å². The Labute approximate surface area is 223 Å². The van der Waals surface area contributed by atoms with E-state index in [2.05, 4.69) is 24.8 Å². The molecule has 0 aliphatic carbocycles. The molecule has 5 N–H and O–H groups in total. The van der Waals surface area contributed by atoms with Gasteiger partial charge in [-0.25, -0.2) is 4.98 Å². The molecular formula is C17H18N7NaO5S3. The number of fused-ring (bicyclic) bond motifs is 1. The van der Waals surface area contributed by atoms with Crippen molar-refractivity contribution in [3.8, 4) is 0 Å². The molecule has 2 fully saturated rings. The molecule has 4 rings (SSSR count). The van der Waals surface area contributed by atoms with Crippen molar-refractivity contribution in [2.24, 2.45) is 10.6 Å². The predicted molar refractivity (Wildman–Crippen MR) is 120 cm³/mol. The molecule has 170 valence electrons. The van der Waals surface area contributed by atoms with E-state index in [9.17, 15) is 24.7 Å². The summed E-state index contributed by atoms with van der Waals surface area (Å²) in [5, 5.41) is 24.2. The second-order valence-electron chi connectivity index (χ2n) is 7.12. The number of nitrogens with zero attached hydrogens (tertiary/aromatic N) is 5. The molecule has 3 atom stereocenters. The first-order chi connectivity index (χ1) is 15.3. The average molecular weight is 520 g/mol. The molecule has 2 aromatic heterocycles. The van der Waals surface area contributed by atoms with Gasteiger partial charge in [0.2, 0.25) is 17.4 Å². The Hall–Kier alpha value is -2.04. The van der Waals surface area contributed by atoms with Crippen molar-refractivity contribution < 1.29 is 55.7 Å². The normalized spacial score (nSPS) is 24.7. The van der Waals surface area contributed by atoms with E-state index in [1.54, 1.807) is 17.7 Å². The number of aliphatic carboxylic acids is 1. The number of carboxylic acids is 1. The first-order valence-corrected chi connectivity index (χ1v) is 11.8. The summed E-state index contributed by atoms with van der Waals surface area (Å²) in [6, 6.07) is -0.889. The van der Waals surface area contributed by atoms with E-state index in [-0.39, 0.29) is 54.2 Å². The number of aryl methyl sites for hydroxylation is 1. The largest absolute Gasteiger partial charge is 1.00 e. The van der Waals surface area contributed by atoms with Gasteiger partial charge < -0.3 is 27.7 Å². The molecular weight excluding hydrogens is 501 g/mol. The number of hydrogen-bond acceptors (Lipinski definition) is 12. The van der Waals surface area contributed by atoms with Crippen LogP contribution in [0.4, 0.5) is 5.13 Å². The Bertz CT molecular complexity index is 1160. The molecule has 2 aromatic rings. The third-order valence-electron chi connectivity index (χ3n) is 5.12. The second-order valence-corrected chi connectivity index (χ2v) is 9.90. The maximum Gasteiger partial charge on any atom is 1.00 e. The summed E-state index contributed by atoms with van der Waals surface area (Å²) in [5.74, 6) is -2.24. The Morgan fingerprint density at radius 2 is 2.24 bits per heavy atom. The summed E-state index contributed by atoms with van der Waals surface area (Å²) < 4.78 is 3.82. The molecule has 16 heteroatoms. The van der Waals surface area contributed by atoms with E-state index < -0.39 is 40.3 Å². The molecule has 0 bridgehead atoms. The minimum Gasteiger partial charge on any atom is -1.00 e. The zero-order valence-corrected chi connectivity index (χ0v) is 21.9. The predicted octanol–water partition coefficient (Wildman–Crippen LogP) is -2.64. The molecule has 2 saturated heterocycles. The van der Waals surface area contributed by atoms with E-state index in [1.807, 2.05) is 6.92 Å². The number of anilines is 1. The quantitative estimate of drug-likeness (QED) is 0.103. The zero-order valence-electron chi connectivity index (χ0n) is 18.5. The number of amides is 2. The first kappa shape index (κ1) is 25.6. The molecule has 33 heavy (non-hydrogen) atoms. The number of hydrogen-bond donors (Lipinski definition) is 4. The smallest absolute Gasteiger partial charge is 1.00 e. The molecule has 2 amide bonds. The van der Waals surface area contributed by atoms with Crippen LogP contribution in [-0.4, -0.2) is 76.8 Å². The number of nitrogens with two attached hydrogens (primary N) is 1. The van der Waals surface area contributed by atoms with Crippen LogP contribution in [0, 0.1) is 12.3 Å². The van der Waals surface area contributed by atoms with Crippen LogP contribution in [0.25, 0.3) is 6.08 Å². The van der Waals surface area contributed by atoms with Gasteiger partial charge >= 0.3 is 35.5 Å². The van der Waals surface area contributed by atoms with Crippen molar-refractivity contribution in [2.75, 3.05) is 18.0 Å². The maximum absolute atomic E-state index is 12.7. The Balaban J connectivity index is 0.00000204. The van der Waals surface area contributed by atoms with Crippen molar-refractivity contribution in [2.45, 2.75) is 18.3 Å². The maximum atomic E-state index is 12.7. The molecule has 0 saturated carbocycles. The van der Waals surface area contributed by atoms with Gasteiger partial charge in [0.25, 0.3) is 5.91 Å². The van der Waals surface area contributed by atoms with Crippen molar-refractivity contribution in [1.29, 1.82) is 0 Å². The van der Waals surface area contributed by atoms with Gasteiger partial charge in [-0.1, -0.05) is 11.2 Å². The number of nitrogens with one attached hydrogen (secondary N) is 1. The van der Waals surface area contributed by atoms with Crippen molar-refractivity contribution >= 4 is 69.3 Å². The molecule has 2 unspecified atom stereocenters. The summed E-state index contributed by atoms with van der Waals surface area (Å²) in [6.07, 6.45) is 3.33. The second kappa shape index (κ2) is 10.1. The van der Waals surface area contributed by atoms with Gasteiger partial charge in [0.05, 0.1) is 11.2 Å². The standard InChI is InChI=1S/C17H17N7O5S3.Na.H/c1-7-8(31-6-19-7)2-3-17(15(27)28)4-24-13(26)10(14(24)30-5-17)20-12(25)9(22-29)11-21-16(18)32-23-11;;/h2-3,6,10,14,29H,4-5H2,1H3,(H,20,25)(H,27,28)(H2,18,21,23);;/q;+1;-1/t10?,14-,17?;;/m1../s1. The zero-order chi connectivity index (χ0) is 23.0. The summed E-state index contributed by atoms with van der Waals surface area (Å²) >= 11 is 3.49. The first-order valence-electron chi connectivity index (χ1n) is 9.13. The van der Waals surface area contributed by atoms with Crippen molar-refractivity contribution in [3.05, 3.63) is 28.0 Å². The number of oxime groups is 1. The third kappa shape index (κ3) is 4.79. The number of carbonyl (C=O) groups excluding carboxylic acids is 2. The van der Waals surface area contributed by atoms with Gasteiger partial charge in [-0.3, -0.25) is 14.4 Å². The van der Waals surface area contributed by atoms with Crippen LogP contribution in [-0.2, 0) is 14.4 Å².